The maximum absolute atomic E-state index is 12.6. The van der Waals surface area contributed by atoms with E-state index in [1.807, 2.05) is 0 Å². The minimum absolute atomic E-state index is 0.0455. The molecule has 0 radical (unpaired) electrons. The van der Waals surface area contributed by atoms with Crippen molar-refractivity contribution in [1.29, 1.82) is 0 Å². The van der Waals surface area contributed by atoms with Crippen LogP contribution in [-0.4, -0.2) is 46.0 Å². The second-order valence-corrected chi connectivity index (χ2v) is 6.98. The van der Waals surface area contributed by atoms with Crippen LogP contribution in [0, 0.1) is 5.92 Å². The molecule has 0 amide bonds. The van der Waals surface area contributed by atoms with Gasteiger partial charge in [0.15, 0.2) is 11.5 Å². The van der Waals surface area contributed by atoms with E-state index in [0.717, 1.165) is 0 Å². The molecule has 1 atom stereocenters. The van der Waals surface area contributed by atoms with Gasteiger partial charge in [0, 0.05) is 31.0 Å². The van der Waals surface area contributed by atoms with Crippen LogP contribution in [0.1, 0.15) is 12.8 Å². The van der Waals surface area contributed by atoms with Crippen LogP contribution in [0.3, 0.4) is 0 Å². The van der Waals surface area contributed by atoms with Crippen molar-refractivity contribution >= 4 is 16.0 Å². The number of carbonyl (C=O) groups is 1. The number of carboxylic acid groups (broad SMARTS) is 1. The van der Waals surface area contributed by atoms with E-state index in [9.17, 15) is 18.3 Å². The largest absolute Gasteiger partial charge is 0.550 e. The monoisotopic (exact) mass is 328 g/mol. The summed E-state index contributed by atoms with van der Waals surface area (Å²) in [5, 5.41) is 11.0. The third-order valence-electron chi connectivity index (χ3n) is 3.71. The highest BCUT2D eigenvalue weighted by Crippen LogP contribution is 2.31. The summed E-state index contributed by atoms with van der Waals surface area (Å²) in [4.78, 5) is 11.0. The third kappa shape index (κ3) is 3.17. The van der Waals surface area contributed by atoms with Gasteiger partial charge >= 0.3 is 0 Å². The normalized spacial score (nSPS) is 19.6. The van der Waals surface area contributed by atoms with Crippen molar-refractivity contribution in [3.63, 3.8) is 0 Å². The number of benzene rings is 1. The summed E-state index contributed by atoms with van der Waals surface area (Å²) in [7, 11) is -0.902. The van der Waals surface area contributed by atoms with Crippen LogP contribution < -0.4 is 14.6 Å². The van der Waals surface area contributed by atoms with Crippen LogP contribution in [0.2, 0.25) is 0 Å². The summed E-state index contributed by atoms with van der Waals surface area (Å²) in [5.74, 6) is -1.26. The number of sulfonamides is 1. The molecule has 1 aromatic rings. The fourth-order valence-corrected chi connectivity index (χ4v) is 4.02. The standard InChI is InChI=1S/C14H19NO6S/c1-20-12-6-5-11(8-13(12)21-2)22(18,19)15-7-3-4-10(9-15)14(16)17/h5-6,8,10H,3-4,7,9H2,1-2H3,(H,16,17)/p-1/t10-/m1/s1. The summed E-state index contributed by atoms with van der Waals surface area (Å²) in [6.45, 7) is 0.222. The first kappa shape index (κ1) is 16.6. The van der Waals surface area contributed by atoms with E-state index >= 15 is 0 Å². The molecule has 22 heavy (non-hydrogen) atoms. The SMILES string of the molecule is COc1ccc(S(=O)(=O)N2CCC[C@@H](C(=O)[O-])C2)cc1OC. The number of hydrogen-bond acceptors (Lipinski definition) is 6. The number of methoxy groups -OCH3 is 2. The van der Waals surface area contributed by atoms with E-state index in [1.165, 1.54) is 36.7 Å². The van der Waals surface area contributed by atoms with E-state index in [-0.39, 0.29) is 11.4 Å². The summed E-state index contributed by atoms with van der Waals surface area (Å²) in [6, 6.07) is 4.29. The highest BCUT2D eigenvalue weighted by atomic mass is 32.2. The maximum atomic E-state index is 12.6. The molecule has 2 rings (SSSR count). The van der Waals surface area contributed by atoms with Crippen molar-refractivity contribution in [2.45, 2.75) is 17.7 Å². The van der Waals surface area contributed by atoms with Crippen molar-refractivity contribution in [3.8, 4) is 11.5 Å². The fourth-order valence-electron chi connectivity index (χ4n) is 2.48. The zero-order chi connectivity index (χ0) is 16.3. The van der Waals surface area contributed by atoms with Crippen LogP contribution in [0.25, 0.3) is 0 Å². The van der Waals surface area contributed by atoms with E-state index in [1.54, 1.807) is 0 Å². The molecule has 0 aromatic heterocycles. The summed E-state index contributed by atoms with van der Waals surface area (Å²) >= 11 is 0. The molecule has 7 nitrogen and oxygen atoms in total. The molecular weight excluding hydrogens is 310 g/mol. The van der Waals surface area contributed by atoms with Gasteiger partial charge in [-0.3, -0.25) is 0 Å². The van der Waals surface area contributed by atoms with Crippen LogP contribution in [0.15, 0.2) is 23.1 Å². The minimum atomic E-state index is -3.78. The van der Waals surface area contributed by atoms with Crippen LogP contribution in [0.4, 0.5) is 0 Å². The molecule has 1 heterocycles. The second kappa shape index (κ2) is 6.53. The molecule has 0 unspecified atom stereocenters. The first-order valence-corrected chi connectivity index (χ1v) is 8.27. The van der Waals surface area contributed by atoms with Gasteiger partial charge in [-0.25, -0.2) is 8.42 Å². The Morgan fingerprint density at radius 2 is 1.95 bits per heavy atom. The molecule has 1 aliphatic heterocycles. The lowest BCUT2D eigenvalue weighted by atomic mass is 10.0. The number of carbonyl (C=O) groups excluding carboxylic acids is 1. The fraction of sp³-hybridized carbons (Fsp3) is 0.500. The average Bonchev–Trinajstić information content (AvgIpc) is 2.54. The zero-order valence-corrected chi connectivity index (χ0v) is 13.3. The molecule has 8 heteroatoms. The number of ether oxygens (including phenoxy) is 2. The summed E-state index contributed by atoms with van der Waals surface area (Å²) in [6.07, 6.45) is 0.922. The minimum Gasteiger partial charge on any atom is -0.550 e. The molecule has 0 saturated carbocycles. The molecular formula is C14H18NO6S-. The Hall–Kier alpha value is -1.80. The highest BCUT2D eigenvalue weighted by Gasteiger charge is 2.31. The molecule has 0 spiro atoms. The Morgan fingerprint density at radius 3 is 2.55 bits per heavy atom. The average molecular weight is 328 g/mol. The van der Waals surface area contributed by atoms with Crippen molar-refractivity contribution in [3.05, 3.63) is 18.2 Å². The number of rotatable bonds is 5. The van der Waals surface area contributed by atoms with E-state index < -0.39 is 21.9 Å². The lowest BCUT2D eigenvalue weighted by molar-refractivity contribution is -0.312. The lowest BCUT2D eigenvalue weighted by Crippen LogP contribution is -2.46. The van der Waals surface area contributed by atoms with Gasteiger partial charge in [-0.15, -0.1) is 0 Å². The first-order valence-electron chi connectivity index (χ1n) is 6.83. The number of nitrogens with zero attached hydrogens (tertiary/aromatic N) is 1. The summed E-state index contributed by atoms with van der Waals surface area (Å²) < 4.78 is 36.6. The molecule has 0 aliphatic carbocycles. The van der Waals surface area contributed by atoms with Crippen LogP contribution in [0.5, 0.6) is 11.5 Å². The Balaban J connectivity index is 2.32. The van der Waals surface area contributed by atoms with Crippen molar-refractivity contribution in [1.82, 2.24) is 4.31 Å². The van der Waals surface area contributed by atoms with Crippen molar-refractivity contribution < 1.29 is 27.8 Å². The Kier molecular flexibility index (Phi) is 4.92. The predicted molar refractivity (Wildman–Crippen MR) is 76.0 cm³/mol. The zero-order valence-electron chi connectivity index (χ0n) is 12.4. The summed E-state index contributed by atoms with van der Waals surface area (Å²) in [5.41, 5.74) is 0. The van der Waals surface area contributed by atoms with Crippen LogP contribution >= 0.6 is 0 Å². The molecule has 1 fully saturated rings. The number of carboxylic acids is 1. The lowest BCUT2D eigenvalue weighted by Gasteiger charge is -2.32. The Labute approximate surface area is 129 Å². The number of piperidine rings is 1. The quantitative estimate of drug-likeness (QED) is 0.746. The first-order chi connectivity index (χ1) is 10.4. The van der Waals surface area contributed by atoms with Gasteiger partial charge in [0.25, 0.3) is 0 Å². The highest BCUT2D eigenvalue weighted by molar-refractivity contribution is 7.89. The maximum Gasteiger partial charge on any atom is 0.243 e. The Morgan fingerprint density at radius 1 is 1.27 bits per heavy atom. The predicted octanol–water partition coefficient (Wildman–Crippen LogP) is -0.146. The van der Waals surface area contributed by atoms with Gasteiger partial charge in [0.05, 0.1) is 19.1 Å². The molecule has 1 saturated heterocycles. The number of aliphatic carboxylic acids is 1. The second-order valence-electron chi connectivity index (χ2n) is 5.04. The van der Waals surface area contributed by atoms with Gasteiger partial charge in [0.2, 0.25) is 10.0 Å². The van der Waals surface area contributed by atoms with Gasteiger partial charge < -0.3 is 19.4 Å². The van der Waals surface area contributed by atoms with E-state index in [0.29, 0.717) is 30.9 Å². The topological polar surface area (TPSA) is 96.0 Å². The van der Waals surface area contributed by atoms with Crippen molar-refractivity contribution in [2.24, 2.45) is 5.92 Å². The van der Waals surface area contributed by atoms with E-state index in [2.05, 4.69) is 0 Å². The molecule has 1 aliphatic rings. The van der Waals surface area contributed by atoms with Gasteiger partial charge in [-0.05, 0) is 25.0 Å². The Bertz CT molecular complexity index is 657. The van der Waals surface area contributed by atoms with Crippen molar-refractivity contribution in [2.75, 3.05) is 27.3 Å². The molecule has 122 valence electrons. The smallest absolute Gasteiger partial charge is 0.243 e. The molecule has 0 N–H and O–H groups in total. The van der Waals surface area contributed by atoms with Gasteiger partial charge in [0.1, 0.15) is 0 Å². The number of hydrogen-bond donors (Lipinski definition) is 0. The third-order valence-corrected chi connectivity index (χ3v) is 5.57. The van der Waals surface area contributed by atoms with Gasteiger partial charge in [-0.2, -0.15) is 4.31 Å². The molecule has 0 bridgehead atoms. The molecule has 1 aromatic carbocycles. The van der Waals surface area contributed by atoms with E-state index in [4.69, 9.17) is 9.47 Å². The van der Waals surface area contributed by atoms with Gasteiger partial charge in [-0.1, -0.05) is 0 Å². The van der Waals surface area contributed by atoms with Crippen LogP contribution in [-0.2, 0) is 14.8 Å².